The molecule has 2 aliphatic heterocycles. The van der Waals surface area contributed by atoms with Crippen LogP contribution in [-0.4, -0.2) is 43.4 Å². The lowest BCUT2D eigenvalue weighted by Gasteiger charge is -2.35. The smallest absolute Gasteiger partial charge is 0.166 e. The molecule has 2 aliphatic rings. The number of likely N-dealkylation sites (tertiary alicyclic amines) is 1. The third-order valence-electron chi connectivity index (χ3n) is 5.00. The Morgan fingerprint density at radius 1 is 1.17 bits per heavy atom. The zero-order chi connectivity index (χ0) is 15.4. The van der Waals surface area contributed by atoms with E-state index >= 15 is 0 Å². The highest BCUT2D eigenvalue weighted by Gasteiger charge is 2.27. The molecule has 1 unspecified atom stereocenters. The fourth-order valence-corrected chi connectivity index (χ4v) is 3.80. The highest BCUT2D eigenvalue weighted by Crippen LogP contribution is 2.24. The van der Waals surface area contributed by atoms with Crippen molar-refractivity contribution in [3.05, 3.63) is 34.9 Å². The molecule has 128 valence electrons. The summed E-state index contributed by atoms with van der Waals surface area (Å²) in [4.78, 5) is 15.1. The number of hydrogen-bond donors (Lipinski definition) is 1. The third-order valence-corrected chi connectivity index (χ3v) is 5.25. The Labute approximate surface area is 150 Å². The van der Waals surface area contributed by atoms with Gasteiger partial charge in [0.25, 0.3) is 0 Å². The predicted octanol–water partition coefficient (Wildman–Crippen LogP) is 3.66. The maximum absolute atomic E-state index is 12.5. The minimum Gasteiger partial charge on any atom is -0.316 e. The average molecular weight is 357 g/mol. The minimum absolute atomic E-state index is 0. The number of piperidine rings is 2. The van der Waals surface area contributed by atoms with Crippen molar-refractivity contribution < 1.29 is 4.79 Å². The lowest BCUT2D eigenvalue weighted by molar-refractivity contribution is 0.0820. The monoisotopic (exact) mass is 356 g/mol. The molecule has 0 saturated carbocycles. The van der Waals surface area contributed by atoms with Crippen molar-refractivity contribution >= 4 is 29.8 Å². The van der Waals surface area contributed by atoms with E-state index in [1.807, 2.05) is 12.1 Å². The van der Waals surface area contributed by atoms with Gasteiger partial charge < -0.3 is 10.2 Å². The van der Waals surface area contributed by atoms with E-state index in [0.29, 0.717) is 5.02 Å². The number of nitrogens with zero attached hydrogens (tertiary/aromatic N) is 1. The van der Waals surface area contributed by atoms with Crippen molar-refractivity contribution in [2.75, 3.05) is 32.7 Å². The number of benzene rings is 1. The van der Waals surface area contributed by atoms with Gasteiger partial charge >= 0.3 is 0 Å². The van der Waals surface area contributed by atoms with Gasteiger partial charge in [-0.05, 0) is 82.0 Å². The number of hydrogen-bond acceptors (Lipinski definition) is 3. The summed E-state index contributed by atoms with van der Waals surface area (Å²) in [6.07, 6.45) is 4.62. The van der Waals surface area contributed by atoms with Gasteiger partial charge in [-0.3, -0.25) is 4.79 Å². The summed E-state index contributed by atoms with van der Waals surface area (Å²) in [5.74, 6) is 1.26. The van der Waals surface area contributed by atoms with E-state index in [4.69, 9.17) is 11.6 Å². The maximum Gasteiger partial charge on any atom is 0.166 e. The highest BCUT2D eigenvalue weighted by molar-refractivity contribution is 6.30. The molecule has 3 nitrogen and oxygen atoms in total. The SMILES string of the molecule is Cl.O=C(c1ccc(Cl)cc1)C1CCN(CC2CCCNC2)CC1. The molecular weight excluding hydrogens is 331 g/mol. The van der Waals surface area contributed by atoms with Gasteiger partial charge in [0.15, 0.2) is 5.78 Å². The van der Waals surface area contributed by atoms with Gasteiger partial charge in [0.05, 0.1) is 0 Å². The van der Waals surface area contributed by atoms with E-state index in [1.54, 1.807) is 12.1 Å². The highest BCUT2D eigenvalue weighted by atomic mass is 35.5. The summed E-state index contributed by atoms with van der Waals surface area (Å²) in [6, 6.07) is 7.31. The molecule has 1 N–H and O–H groups in total. The van der Waals surface area contributed by atoms with Crippen molar-refractivity contribution in [3.8, 4) is 0 Å². The van der Waals surface area contributed by atoms with Crippen LogP contribution < -0.4 is 5.32 Å². The molecule has 3 rings (SSSR count). The molecule has 5 heteroatoms. The fraction of sp³-hybridized carbons (Fsp3) is 0.611. The Kier molecular flexibility index (Phi) is 7.35. The molecule has 2 fully saturated rings. The summed E-state index contributed by atoms with van der Waals surface area (Å²) in [7, 11) is 0. The molecule has 2 heterocycles. The van der Waals surface area contributed by atoms with Gasteiger partial charge in [0.1, 0.15) is 0 Å². The first-order valence-corrected chi connectivity index (χ1v) is 8.83. The number of ketones is 1. The first-order valence-electron chi connectivity index (χ1n) is 8.45. The summed E-state index contributed by atoms with van der Waals surface area (Å²) in [5, 5.41) is 4.17. The first-order chi connectivity index (χ1) is 10.7. The lowest BCUT2D eigenvalue weighted by atomic mass is 9.88. The van der Waals surface area contributed by atoms with Crippen LogP contribution in [-0.2, 0) is 0 Å². The number of Topliss-reactive ketones (excluding diaryl/α,β-unsaturated/α-hetero) is 1. The van der Waals surface area contributed by atoms with E-state index in [1.165, 1.54) is 25.9 Å². The Morgan fingerprint density at radius 2 is 1.87 bits per heavy atom. The van der Waals surface area contributed by atoms with Crippen molar-refractivity contribution in [2.24, 2.45) is 11.8 Å². The molecule has 1 aromatic rings. The third kappa shape index (κ3) is 5.18. The summed E-state index contributed by atoms with van der Waals surface area (Å²) >= 11 is 5.89. The van der Waals surface area contributed by atoms with E-state index in [-0.39, 0.29) is 24.1 Å². The second-order valence-corrected chi connectivity index (χ2v) is 7.09. The van der Waals surface area contributed by atoms with Crippen molar-refractivity contribution in [1.29, 1.82) is 0 Å². The number of nitrogens with one attached hydrogen (secondary N) is 1. The lowest BCUT2D eigenvalue weighted by Crippen LogP contribution is -2.42. The standard InChI is InChI=1S/C18H25ClN2O.ClH/c19-17-5-3-15(4-6-17)18(22)16-7-10-21(11-8-16)13-14-2-1-9-20-12-14;/h3-6,14,16,20H,1-2,7-13H2;1H. The Morgan fingerprint density at radius 3 is 2.48 bits per heavy atom. The van der Waals surface area contributed by atoms with E-state index in [9.17, 15) is 4.79 Å². The molecule has 0 aliphatic carbocycles. The van der Waals surface area contributed by atoms with Crippen LogP contribution in [0.5, 0.6) is 0 Å². The first kappa shape index (κ1) is 18.7. The predicted molar refractivity (Wildman–Crippen MR) is 97.8 cm³/mol. The topological polar surface area (TPSA) is 32.3 Å². The Hall–Kier alpha value is -0.610. The minimum atomic E-state index is 0. The van der Waals surface area contributed by atoms with Gasteiger partial charge in [-0.25, -0.2) is 0 Å². The second kappa shape index (κ2) is 9.03. The molecule has 0 bridgehead atoms. The molecule has 1 aromatic carbocycles. The molecule has 0 amide bonds. The van der Waals surface area contributed by atoms with Crippen LogP contribution in [0.15, 0.2) is 24.3 Å². The second-order valence-electron chi connectivity index (χ2n) is 6.66. The molecule has 0 aromatic heterocycles. The zero-order valence-electron chi connectivity index (χ0n) is 13.5. The quantitative estimate of drug-likeness (QED) is 0.835. The van der Waals surface area contributed by atoms with Crippen LogP contribution in [0.2, 0.25) is 5.02 Å². The van der Waals surface area contributed by atoms with Crippen LogP contribution in [0.3, 0.4) is 0 Å². The Bertz CT molecular complexity index is 492. The molecule has 0 radical (unpaired) electrons. The summed E-state index contributed by atoms with van der Waals surface area (Å²) in [6.45, 7) is 5.63. The molecule has 0 spiro atoms. The summed E-state index contributed by atoms with van der Waals surface area (Å²) < 4.78 is 0. The molecule has 1 atom stereocenters. The van der Waals surface area contributed by atoms with E-state index in [0.717, 1.165) is 44.0 Å². The maximum atomic E-state index is 12.5. The van der Waals surface area contributed by atoms with Gasteiger partial charge in [-0.1, -0.05) is 11.6 Å². The molecular formula is C18H26Cl2N2O. The van der Waals surface area contributed by atoms with Crippen molar-refractivity contribution in [2.45, 2.75) is 25.7 Å². The van der Waals surface area contributed by atoms with Gasteiger partial charge in [0.2, 0.25) is 0 Å². The van der Waals surface area contributed by atoms with E-state index < -0.39 is 0 Å². The van der Waals surface area contributed by atoms with Gasteiger partial charge in [-0.2, -0.15) is 0 Å². The van der Waals surface area contributed by atoms with Crippen LogP contribution >= 0.6 is 24.0 Å². The number of halogens is 2. The zero-order valence-corrected chi connectivity index (χ0v) is 15.0. The average Bonchev–Trinajstić information content (AvgIpc) is 2.57. The van der Waals surface area contributed by atoms with Crippen LogP contribution in [0, 0.1) is 11.8 Å². The van der Waals surface area contributed by atoms with Gasteiger partial charge in [-0.15, -0.1) is 12.4 Å². The number of carbonyl (C=O) groups is 1. The molecule has 23 heavy (non-hydrogen) atoms. The normalized spacial score (nSPS) is 23.3. The Balaban J connectivity index is 0.00000192. The fourth-order valence-electron chi connectivity index (χ4n) is 3.67. The van der Waals surface area contributed by atoms with Crippen LogP contribution in [0.25, 0.3) is 0 Å². The number of carbonyl (C=O) groups excluding carboxylic acids is 1. The van der Waals surface area contributed by atoms with Gasteiger partial charge in [0, 0.05) is 23.0 Å². The van der Waals surface area contributed by atoms with Crippen molar-refractivity contribution in [3.63, 3.8) is 0 Å². The van der Waals surface area contributed by atoms with Crippen molar-refractivity contribution in [1.82, 2.24) is 10.2 Å². The largest absolute Gasteiger partial charge is 0.316 e. The van der Waals surface area contributed by atoms with Crippen LogP contribution in [0.1, 0.15) is 36.0 Å². The van der Waals surface area contributed by atoms with Crippen LogP contribution in [0.4, 0.5) is 0 Å². The van der Waals surface area contributed by atoms with E-state index in [2.05, 4.69) is 10.2 Å². The molecule has 2 saturated heterocycles. The number of rotatable bonds is 4. The summed E-state index contributed by atoms with van der Waals surface area (Å²) in [5.41, 5.74) is 0.805.